The summed E-state index contributed by atoms with van der Waals surface area (Å²) in [5, 5.41) is 0. The number of pyridine rings is 1. The molecular formula is C18H25FN2O2. The number of hydrogen-bond acceptors (Lipinski definition) is 3. The number of alkyl halides is 1. The number of nitrogens with zero attached hydrogens (tertiary/aromatic N) is 2. The molecule has 0 bridgehead atoms. The average molecular weight is 320 g/mol. The van der Waals surface area contributed by atoms with Gasteiger partial charge in [-0.1, -0.05) is 25.3 Å². The van der Waals surface area contributed by atoms with Crippen LogP contribution in [0.4, 0.5) is 9.18 Å². The van der Waals surface area contributed by atoms with E-state index in [-0.39, 0.29) is 12.2 Å². The number of hydrogen-bond donors (Lipinski definition) is 0. The lowest BCUT2D eigenvalue weighted by Gasteiger charge is -2.25. The summed E-state index contributed by atoms with van der Waals surface area (Å²) in [5.74, 6) is 0.609. The fourth-order valence-electron chi connectivity index (χ4n) is 3.60. The topological polar surface area (TPSA) is 42.4 Å². The van der Waals surface area contributed by atoms with Crippen molar-refractivity contribution in [2.75, 3.05) is 13.1 Å². The van der Waals surface area contributed by atoms with E-state index in [2.05, 4.69) is 4.98 Å². The van der Waals surface area contributed by atoms with Gasteiger partial charge in [-0.25, -0.2) is 9.18 Å². The van der Waals surface area contributed by atoms with Crippen molar-refractivity contribution in [2.24, 2.45) is 5.92 Å². The molecule has 1 aromatic heterocycles. The van der Waals surface area contributed by atoms with Crippen molar-refractivity contribution < 1.29 is 13.9 Å². The predicted molar refractivity (Wildman–Crippen MR) is 85.7 cm³/mol. The fraction of sp³-hybridized carbons (Fsp3) is 0.667. The van der Waals surface area contributed by atoms with Gasteiger partial charge in [0.1, 0.15) is 12.3 Å². The summed E-state index contributed by atoms with van der Waals surface area (Å²) < 4.78 is 19.5. The van der Waals surface area contributed by atoms with E-state index in [1.165, 1.54) is 32.1 Å². The van der Waals surface area contributed by atoms with Crippen molar-refractivity contribution >= 4 is 6.09 Å². The van der Waals surface area contributed by atoms with Crippen LogP contribution in [0.3, 0.4) is 0 Å². The lowest BCUT2D eigenvalue weighted by atomic mass is 9.89. The number of rotatable bonds is 6. The number of cyclic esters (lactones) is 1. The summed E-state index contributed by atoms with van der Waals surface area (Å²) in [4.78, 5) is 17.8. The highest BCUT2D eigenvalue weighted by Gasteiger charge is 2.33. The lowest BCUT2D eigenvalue weighted by Crippen LogP contribution is -2.31. The molecule has 4 nitrogen and oxygen atoms in total. The molecule has 1 saturated carbocycles. The molecular weight excluding hydrogens is 295 g/mol. The van der Waals surface area contributed by atoms with Gasteiger partial charge in [-0.3, -0.25) is 4.98 Å². The van der Waals surface area contributed by atoms with Crippen LogP contribution in [0, 0.1) is 5.92 Å². The van der Waals surface area contributed by atoms with Crippen molar-refractivity contribution in [2.45, 2.75) is 57.2 Å². The first-order chi connectivity index (χ1) is 11.2. The third kappa shape index (κ3) is 4.43. The quantitative estimate of drug-likeness (QED) is 0.786. The van der Waals surface area contributed by atoms with Crippen LogP contribution in [0.5, 0.6) is 0 Å². The molecule has 2 heterocycles. The molecule has 0 N–H and O–H groups in total. The standard InChI is InChI=1S/C18H25FN2O2/c19-16(17-8-4-5-11-20-17)10-9-15-13-21(18(22)23-15)12-14-6-2-1-3-7-14/h4-5,8,11,14-16H,1-3,6-7,9-10,12-13H2/t15-,16+/m0/s1. The third-order valence-corrected chi connectivity index (χ3v) is 4.90. The van der Waals surface area contributed by atoms with Gasteiger partial charge in [0.25, 0.3) is 0 Å². The van der Waals surface area contributed by atoms with Gasteiger partial charge >= 0.3 is 6.09 Å². The zero-order valence-electron chi connectivity index (χ0n) is 13.5. The van der Waals surface area contributed by atoms with Gasteiger partial charge in [0, 0.05) is 12.7 Å². The molecule has 0 radical (unpaired) electrons. The van der Waals surface area contributed by atoms with Crippen molar-refractivity contribution in [3.05, 3.63) is 30.1 Å². The van der Waals surface area contributed by atoms with Gasteiger partial charge in [-0.2, -0.15) is 0 Å². The molecule has 3 rings (SSSR count). The van der Waals surface area contributed by atoms with E-state index in [4.69, 9.17) is 4.74 Å². The molecule has 5 heteroatoms. The normalized spacial score (nSPS) is 23.8. The fourth-order valence-corrected chi connectivity index (χ4v) is 3.60. The Balaban J connectivity index is 1.44. The van der Waals surface area contributed by atoms with Crippen molar-refractivity contribution in [3.8, 4) is 0 Å². The number of aromatic nitrogens is 1. The SMILES string of the molecule is O=C1O[C@@H](CC[C@@H](F)c2ccccn2)CN1CC1CCCCC1. The molecule has 1 aromatic rings. The molecule has 23 heavy (non-hydrogen) atoms. The molecule has 1 aliphatic heterocycles. The Bertz CT molecular complexity index is 505. The Hall–Kier alpha value is -1.65. The minimum atomic E-state index is -1.10. The summed E-state index contributed by atoms with van der Waals surface area (Å²) in [7, 11) is 0. The molecule has 1 aliphatic carbocycles. The first-order valence-electron chi connectivity index (χ1n) is 8.73. The number of halogens is 1. The Labute approximate surface area is 137 Å². The molecule has 1 saturated heterocycles. The highest BCUT2D eigenvalue weighted by Crippen LogP contribution is 2.28. The summed E-state index contributed by atoms with van der Waals surface area (Å²) in [6.07, 6.45) is 7.25. The van der Waals surface area contributed by atoms with Crippen LogP contribution in [-0.4, -0.2) is 35.2 Å². The van der Waals surface area contributed by atoms with Crippen LogP contribution in [0.25, 0.3) is 0 Å². The number of ether oxygens (including phenoxy) is 1. The predicted octanol–water partition coefficient (Wildman–Crippen LogP) is 4.27. The Morgan fingerprint density at radius 3 is 2.87 bits per heavy atom. The van der Waals surface area contributed by atoms with Crippen LogP contribution in [0.15, 0.2) is 24.4 Å². The van der Waals surface area contributed by atoms with Gasteiger partial charge in [0.05, 0.1) is 12.2 Å². The van der Waals surface area contributed by atoms with Gasteiger partial charge in [0.2, 0.25) is 0 Å². The van der Waals surface area contributed by atoms with Crippen molar-refractivity contribution in [3.63, 3.8) is 0 Å². The Morgan fingerprint density at radius 2 is 2.13 bits per heavy atom. The number of amides is 1. The second-order valence-corrected chi connectivity index (χ2v) is 6.71. The Kier molecular flexibility index (Phi) is 5.47. The van der Waals surface area contributed by atoms with E-state index in [9.17, 15) is 9.18 Å². The second-order valence-electron chi connectivity index (χ2n) is 6.71. The average Bonchev–Trinajstić information content (AvgIpc) is 2.94. The van der Waals surface area contributed by atoms with E-state index in [1.807, 2.05) is 4.90 Å². The minimum Gasteiger partial charge on any atom is -0.444 e. The molecule has 2 atom stereocenters. The maximum atomic E-state index is 14.1. The minimum absolute atomic E-state index is 0.187. The largest absolute Gasteiger partial charge is 0.444 e. The van der Waals surface area contributed by atoms with Gasteiger partial charge in [-0.15, -0.1) is 0 Å². The highest BCUT2D eigenvalue weighted by atomic mass is 19.1. The first-order valence-corrected chi connectivity index (χ1v) is 8.73. The van der Waals surface area contributed by atoms with Gasteiger partial charge < -0.3 is 9.64 Å². The zero-order valence-corrected chi connectivity index (χ0v) is 13.5. The van der Waals surface area contributed by atoms with Crippen molar-refractivity contribution in [1.29, 1.82) is 0 Å². The van der Waals surface area contributed by atoms with E-state index in [0.29, 0.717) is 31.0 Å². The van der Waals surface area contributed by atoms with Crippen LogP contribution >= 0.6 is 0 Å². The maximum Gasteiger partial charge on any atom is 0.410 e. The van der Waals surface area contributed by atoms with Crippen LogP contribution in [0.2, 0.25) is 0 Å². The molecule has 0 spiro atoms. The zero-order chi connectivity index (χ0) is 16.1. The van der Waals surface area contributed by atoms with Crippen molar-refractivity contribution in [1.82, 2.24) is 9.88 Å². The van der Waals surface area contributed by atoms with E-state index in [0.717, 1.165) is 6.54 Å². The summed E-state index contributed by atoms with van der Waals surface area (Å²) in [6, 6.07) is 5.26. The first kappa shape index (κ1) is 16.2. The lowest BCUT2D eigenvalue weighted by molar-refractivity contribution is 0.121. The Morgan fingerprint density at radius 1 is 1.30 bits per heavy atom. The van der Waals surface area contributed by atoms with Crippen LogP contribution in [-0.2, 0) is 4.74 Å². The van der Waals surface area contributed by atoms with Gasteiger partial charge in [-0.05, 0) is 43.7 Å². The second kappa shape index (κ2) is 7.75. The van der Waals surface area contributed by atoms with E-state index < -0.39 is 6.17 Å². The summed E-state index contributed by atoms with van der Waals surface area (Å²) >= 11 is 0. The van der Waals surface area contributed by atoms with Gasteiger partial charge in [0.15, 0.2) is 0 Å². The monoisotopic (exact) mass is 320 g/mol. The smallest absolute Gasteiger partial charge is 0.410 e. The van der Waals surface area contributed by atoms with Crippen LogP contribution in [0.1, 0.15) is 56.8 Å². The summed E-state index contributed by atoms with van der Waals surface area (Å²) in [6.45, 7) is 1.40. The highest BCUT2D eigenvalue weighted by molar-refractivity contribution is 5.69. The van der Waals surface area contributed by atoms with Crippen LogP contribution < -0.4 is 0 Å². The number of carbonyl (C=O) groups is 1. The number of carbonyl (C=O) groups excluding carboxylic acids is 1. The molecule has 0 unspecified atom stereocenters. The summed E-state index contributed by atoms with van der Waals surface area (Å²) in [5.41, 5.74) is 0.455. The molecule has 0 aromatic carbocycles. The molecule has 126 valence electrons. The third-order valence-electron chi connectivity index (χ3n) is 4.90. The molecule has 2 fully saturated rings. The maximum absolute atomic E-state index is 14.1. The molecule has 2 aliphatic rings. The van der Waals surface area contributed by atoms with E-state index >= 15 is 0 Å². The molecule has 1 amide bonds. The van der Waals surface area contributed by atoms with E-state index in [1.54, 1.807) is 24.4 Å².